The lowest BCUT2D eigenvalue weighted by Crippen LogP contribution is -1.92. The van der Waals surface area contributed by atoms with E-state index in [2.05, 4.69) is 44.2 Å². The van der Waals surface area contributed by atoms with Gasteiger partial charge in [0, 0.05) is 5.56 Å². The van der Waals surface area contributed by atoms with E-state index in [0.717, 1.165) is 28.5 Å². The molecule has 0 fully saturated rings. The van der Waals surface area contributed by atoms with Crippen molar-refractivity contribution in [1.82, 2.24) is 0 Å². The van der Waals surface area contributed by atoms with E-state index in [-0.39, 0.29) is 0 Å². The van der Waals surface area contributed by atoms with E-state index in [9.17, 15) is 4.79 Å². The van der Waals surface area contributed by atoms with Gasteiger partial charge in [0.15, 0.2) is 6.29 Å². The lowest BCUT2D eigenvalue weighted by molar-refractivity contribution is 0.112. The second-order valence-electron chi connectivity index (χ2n) is 5.19. The van der Waals surface area contributed by atoms with Gasteiger partial charge < -0.3 is 0 Å². The van der Waals surface area contributed by atoms with E-state index in [0.29, 0.717) is 0 Å². The summed E-state index contributed by atoms with van der Waals surface area (Å²) in [7, 11) is 0. The molecule has 3 rings (SSSR count). The molecule has 0 amide bonds. The van der Waals surface area contributed by atoms with Crippen LogP contribution in [0.2, 0.25) is 0 Å². The summed E-state index contributed by atoms with van der Waals surface area (Å²) in [4.78, 5) is 11.4. The first-order chi connectivity index (χ1) is 9.70. The SMILES string of the molecule is Cc1ccc(C=O)c(-c2c(C)ccc3ccccc23)c1. The summed E-state index contributed by atoms with van der Waals surface area (Å²) < 4.78 is 0. The number of hydrogen-bond donors (Lipinski definition) is 0. The first-order valence-electron chi connectivity index (χ1n) is 6.75. The largest absolute Gasteiger partial charge is 0.298 e. The van der Waals surface area contributed by atoms with E-state index in [1.165, 1.54) is 16.3 Å². The Labute approximate surface area is 118 Å². The van der Waals surface area contributed by atoms with Gasteiger partial charge >= 0.3 is 0 Å². The number of rotatable bonds is 2. The minimum absolute atomic E-state index is 0.745. The van der Waals surface area contributed by atoms with Crippen molar-refractivity contribution in [3.05, 3.63) is 71.3 Å². The average Bonchev–Trinajstić information content (AvgIpc) is 2.47. The first kappa shape index (κ1) is 12.6. The Morgan fingerprint density at radius 2 is 1.70 bits per heavy atom. The number of fused-ring (bicyclic) bond motifs is 1. The third-order valence-electron chi connectivity index (χ3n) is 3.74. The number of hydrogen-bond acceptors (Lipinski definition) is 1. The highest BCUT2D eigenvalue weighted by molar-refractivity contribution is 6.02. The molecule has 0 atom stereocenters. The van der Waals surface area contributed by atoms with Crippen LogP contribution in [0.1, 0.15) is 21.5 Å². The summed E-state index contributed by atoms with van der Waals surface area (Å²) in [6, 6.07) is 18.5. The third kappa shape index (κ3) is 2.01. The van der Waals surface area contributed by atoms with Crippen molar-refractivity contribution in [3.63, 3.8) is 0 Å². The van der Waals surface area contributed by atoms with Crippen molar-refractivity contribution < 1.29 is 4.79 Å². The Balaban J connectivity index is 2.43. The van der Waals surface area contributed by atoms with Crippen LogP contribution in [-0.2, 0) is 0 Å². The molecule has 0 N–H and O–H groups in total. The highest BCUT2D eigenvalue weighted by Crippen LogP contribution is 2.34. The summed E-state index contributed by atoms with van der Waals surface area (Å²) in [6.45, 7) is 4.15. The molecule has 0 saturated heterocycles. The van der Waals surface area contributed by atoms with Crippen LogP contribution in [0.25, 0.3) is 21.9 Å². The summed E-state index contributed by atoms with van der Waals surface area (Å²) in [5, 5.41) is 2.40. The molecule has 0 spiro atoms. The van der Waals surface area contributed by atoms with Crippen molar-refractivity contribution >= 4 is 17.1 Å². The number of aryl methyl sites for hydroxylation is 2. The van der Waals surface area contributed by atoms with Gasteiger partial charge in [-0.05, 0) is 41.3 Å². The normalized spacial score (nSPS) is 10.7. The van der Waals surface area contributed by atoms with Crippen LogP contribution < -0.4 is 0 Å². The van der Waals surface area contributed by atoms with Crippen molar-refractivity contribution in [2.45, 2.75) is 13.8 Å². The molecule has 0 saturated carbocycles. The zero-order chi connectivity index (χ0) is 14.1. The van der Waals surface area contributed by atoms with E-state index in [1.807, 2.05) is 24.3 Å². The Morgan fingerprint density at radius 3 is 2.50 bits per heavy atom. The number of aldehydes is 1. The molecule has 0 aliphatic heterocycles. The maximum atomic E-state index is 11.4. The third-order valence-corrected chi connectivity index (χ3v) is 3.74. The molecule has 0 bridgehead atoms. The number of carbonyl (C=O) groups is 1. The fourth-order valence-electron chi connectivity index (χ4n) is 2.73. The maximum absolute atomic E-state index is 11.4. The molecule has 0 heterocycles. The molecule has 3 aromatic carbocycles. The zero-order valence-electron chi connectivity index (χ0n) is 11.7. The molecule has 0 aliphatic carbocycles. The van der Waals surface area contributed by atoms with Gasteiger partial charge in [0.25, 0.3) is 0 Å². The molecule has 0 radical (unpaired) electrons. The highest BCUT2D eigenvalue weighted by Gasteiger charge is 2.11. The molecule has 98 valence electrons. The average molecular weight is 260 g/mol. The standard InChI is InChI=1S/C19H16O/c1-13-7-9-16(12-20)18(11-13)19-14(2)8-10-15-5-3-4-6-17(15)19/h3-12H,1-2H3. The Kier molecular flexibility index (Phi) is 3.11. The summed E-state index contributed by atoms with van der Waals surface area (Å²) in [5.41, 5.74) is 5.29. The van der Waals surface area contributed by atoms with Crippen LogP contribution in [0.15, 0.2) is 54.6 Å². The van der Waals surface area contributed by atoms with Crippen LogP contribution >= 0.6 is 0 Å². The zero-order valence-corrected chi connectivity index (χ0v) is 11.7. The molecule has 1 nitrogen and oxygen atoms in total. The second kappa shape index (κ2) is 4.93. The minimum atomic E-state index is 0.745. The topological polar surface area (TPSA) is 17.1 Å². The molecule has 20 heavy (non-hydrogen) atoms. The molecule has 3 aromatic rings. The lowest BCUT2D eigenvalue weighted by Gasteiger charge is -2.13. The van der Waals surface area contributed by atoms with E-state index < -0.39 is 0 Å². The van der Waals surface area contributed by atoms with Gasteiger partial charge in [-0.25, -0.2) is 0 Å². The molecule has 1 heteroatoms. The highest BCUT2D eigenvalue weighted by atomic mass is 16.1. The van der Waals surface area contributed by atoms with Crippen LogP contribution in [0, 0.1) is 13.8 Å². The predicted octanol–water partition coefficient (Wildman–Crippen LogP) is 4.94. The van der Waals surface area contributed by atoms with Gasteiger partial charge in [-0.15, -0.1) is 0 Å². The van der Waals surface area contributed by atoms with Crippen molar-refractivity contribution in [3.8, 4) is 11.1 Å². The van der Waals surface area contributed by atoms with Gasteiger partial charge in [-0.3, -0.25) is 4.79 Å². The molecule has 0 unspecified atom stereocenters. The van der Waals surface area contributed by atoms with E-state index in [4.69, 9.17) is 0 Å². The predicted molar refractivity (Wildman–Crippen MR) is 84.2 cm³/mol. The van der Waals surface area contributed by atoms with Gasteiger partial charge in [0.2, 0.25) is 0 Å². The molecule has 0 aliphatic rings. The fourth-order valence-corrected chi connectivity index (χ4v) is 2.73. The van der Waals surface area contributed by atoms with Crippen molar-refractivity contribution in [1.29, 1.82) is 0 Å². The van der Waals surface area contributed by atoms with Gasteiger partial charge in [-0.2, -0.15) is 0 Å². The second-order valence-corrected chi connectivity index (χ2v) is 5.19. The van der Waals surface area contributed by atoms with Crippen LogP contribution in [0.5, 0.6) is 0 Å². The Hall–Kier alpha value is -2.41. The summed E-state index contributed by atoms with van der Waals surface area (Å²) in [6.07, 6.45) is 0.940. The Morgan fingerprint density at radius 1 is 0.900 bits per heavy atom. The monoisotopic (exact) mass is 260 g/mol. The van der Waals surface area contributed by atoms with Crippen molar-refractivity contribution in [2.24, 2.45) is 0 Å². The van der Waals surface area contributed by atoms with E-state index >= 15 is 0 Å². The van der Waals surface area contributed by atoms with Gasteiger partial charge in [0.1, 0.15) is 0 Å². The van der Waals surface area contributed by atoms with Crippen LogP contribution in [-0.4, -0.2) is 6.29 Å². The number of benzene rings is 3. The van der Waals surface area contributed by atoms with Crippen molar-refractivity contribution in [2.75, 3.05) is 0 Å². The molecular weight excluding hydrogens is 244 g/mol. The maximum Gasteiger partial charge on any atom is 0.150 e. The fraction of sp³-hybridized carbons (Fsp3) is 0.105. The smallest absolute Gasteiger partial charge is 0.150 e. The molecular formula is C19H16O. The van der Waals surface area contributed by atoms with E-state index in [1.54, 1.807) is 0 Å². The quantitative estimate of drug-likeness (QED) is 0.597. The van der Waals surface area contributed by atoms with Crippen LogP contribution in [0.3, 0.4) is 0 Å². The first-order valence-corrected chi connectivity index (χ1v) is 6.75. The summed E-state index contributed by atoms with van der Waals surface area (Å²) >= 11 is 0. The molecule has 0 aromatic heterocycles. The minimum Gasteiger partial charge on any atom is -0.298 e. The Bertz CT molecular complexity index is 800. The van der Waals surface area contributed by atoms with Gasteiger partial charge in [-0.1, -0.05) is 60.2 Å². The van der Waals surface area contributed by atoms with Gasteiger partial charge in [0.05, 0.1) is 0 Å². The van der Waals surface area contributed by atoms with Crippen LogP contribution in [0.4, 0.5) is 0 Å². The number of carbonyl (C=O) groups excluding carboxylic acids is 1. The lowest BCUT2D eigenvalue weighted by atomic mass is 9.90. The summed E-state index contributed by atoms with van der Waals surface area (Å²) in [5.74, 6) is 0.